The van der Waals surface area contributed by atoms with Crippen LogP contribution in [0.5, 0.6) is 0 Å². The highest BCUT2D eigenvalue weighted by Crippen LogP contribution is 2.36. The molecule has 2 aliphatic rings. The minimum Gasteiger partial charge on any atom is -0.346 e. The average Bonchev–Trinajstić information content (AvgIpc) is 2.57. The van der Waals surface area contributed by atoms with Crippen LogP contribution in [0, 0.1) is 12.3 Å². The summed E-state index contributed by atoms with van der Waals surface area (Å²) < 4.78 is 22.9. The first-order chi connectivity index (χ1) is 8.24. The molecule has 0 radical (unpaired) electrons. The van der Waals surface area contributed by atoms with Crippen molar-refractivity contribution in [1.29, 1.82) is 0 Å². The fraction of sp³-hybridized carbons (Fsp3) is 0.714. The SMILES string of the molecule is C#C[C@@H]1OC(C)(C)O[C@H]1[C@H]1OC(C)(C)OCC1=C. The van der Waals surface area contributed by atoms with E-state index in [1.165, 1.54) is 0 Å². The maximum atomic E-state index is 5.87. The van der Waals surface area contributed by atoms with Crippen LogP contribution in [0.25, 0.3) is 0 Å². The maximum Gasteiger partial charge on any atom is 0.165 e. The van der Waals surface area contributed by atoms with Gasteiger partial charge in [-0.25, -0.2) is 0 Å². The lowest BCUT2D eigenvalue weighted by Crippen LogP contribution is -2.49. The Morgan fingerprint density at radius 3 is 2.44 bits per heavy atom. The Labute approximate surface area is 108 Å². The number of terminal acetylenes is 1. The molecule has 0 aromatic heterocycles. The molecule has 2 saturated heterocycles. The summed E-state index contributed by atoms with van der Waals surface area (Å²) in [5, 5.41) is 0. The van der Waals surface area contributed by atoms with Gasteiger partial charge in [0.15, 0.2) is 11.6 Å². The van der Waals surface area contributed by atoms with Gasteiger partial charge in [0.25, 0.3) is 0 Å². The van der Waals surface area contributed by atoms with Crippen LogP contribution in [-0.2, 0) is 18.9 Å². The zero-order valence-electron chi connectivity index (χ0n) is 11.4. The standard InChI is InChI=1S/C14H20O4/c1-7-10-12(18-14(5,6)16-10)11-9(2)8-15-13(3,4)17-11/h1,10-12H,2,8H2,3-6H3/t10-,11-,12+/m0/s1. The van der Waals surface area contributed by atoms with Crippen LogP contribution in [0.15, 0.2) is 12.2 Å². The monoisotopic (exact) mass is 252 g/mol. The third-order valence-electron chi connectivity index (χ3n) is 3.01. The minimum atomic E-state index is -0.701. The van der Waals surface area contributed by atoms with Crippen molar-refractivity contribution >= 4 is 0 Å². The Morgan fingerprint density at radius 2 is 1.83 bits per heavy atom. The summed E-state index contributed by atoms with van der Waals surface area (Å²) in [5.41, 5.74) is 0.820. The maximum absolute atomic E-state index is 5.87. The molecule has 0 aromatic rings. The summed E-state index contributed by atoms with van der Waals surface area (Å²) in [6, 6.07) is 0. The lowest BCUT2D eigenvalue weighted by molar-refractivity contribution is -0.271. The second kappa shape index (κ2) is 4.36. The van der Waals surface area contributed by atoms with Crippen molar-refractivity contribution in [2.75, 3.05) is 6.61 Å². The normalized spacial score (nSPS) is 38.4. The molecule has 0 spiro atoms. The first-order valence-electron chi connectivity index (χ1n) is 6.05. The Bertz CT molecular complexity index is 391. The fourth-order valence-electron chi connectivity index (χ4n) is 2.21. The van der Waals surface area contributed by atoms with Crippen LogP contribution in [0.4, 0.5) is 0 Å². The molecule has 0 unspecified atom stereocenters. The molecular formula is C14H20O4. The molecule has 4 nitrogen and oxygen atoms in total. The molecule has 2 aliphatic heterocycles. The lowest BCUT2D eigenvalue weighted by atomic mass is 10.0. The molecule has 0 aliphatic carbocycles. The minimum absolute atomic E-state index is 0.309. The average molecular weight is 252 g/mol. The highest BCUT2D eigenvalue weighted by Gasteiger charge is 2.48. The molecule has 0 N–H and O–H groups in total. The van der Waals surface area contributed by atoms with Gasteiger partial charge in [0.05, 0.1) is 6.61 Å². The summed E-state index contributed by atoms with van der Waals surface area (Å²) in [7, 11) is 0. The first-order valence-corrected chi connectivity index (χ1v) is 6.05. The topological polar surface area (TPSA) is 36.9 Å². The predicted molar refractivity (Wildman–Crippen MR) is 66.7 cm³/mol. The number of hydrogen-bond donors (Lipinski definition) is 0. The molecule has 2 heterocycles. The predicted octanol–water partition coefficient (Wildman–Crippen LogP) is 1.85. The Morgan fingerprint density at radius 1 is 1.17 bits per heavy atom. The molecule has 0 saturated carbocycles. The van der Waals surface area contributed by atoms with Crippen molar-refractivity contribution in [1.82, 2.24) is 0 Å². The molecule has 0 amide bonds. The molecule has 2 fully saturated rings. The number of ether oxygens (including phenoxy) is 4. The molecule has 2 rings (SSSR count). The smallest absolute Gasteiger partial charge is 0.165 e. The van der Waals surface area contributed by atoms with Gasteiger partial charge in [-0.05, 0) is 33.3 Å². The van der Waals surface area contributed by atoms with Crippen LogP contribution in [-0.4, -0.2) is 36.5 Å². The van der Waals surface area contributed by atoms with E-state index in [4.69, 9.17) is 25.4 Å². The molecule has 18 heavy (non-hydrogen) atoms. The Kier molecular flexibility index (Phi) is 3.28. The van der Waals surface area contributed by atoms with Gasteiger partial charge >= 0.3 is 0 Å². The van der Waals surface area contributed by atoms with Crippen LogP contribution in [0.2, 0.25) is 0 Å². The van der Waals surface area contributed by atoms with Crippen LogP contribution >= 0.6 is 0 Å². The zero-order chi connectivity index (χ0) is 13.6. The van der Waals surface area contributed by atoms with E-state index in [0.717, 1.165) is 5.57 Å². The highest BCUT2D eigenvalue weighted by atomic mass is 16.8. The van der Waals surface area contributed by atoms with E-state index in [2.05, 4.69) is 12.5 Å². The van der Waals surface area contributed by atoms with Gasteiger partial charge in [-0.3, -0.25) is 0 Å². The lowest BCUT2D eigenvalue weighted by Gasteiger charge is -2.39. The highest BCUT2D eigenvalue weighted by molar-refractivity contribution is 5.16. The molecule has 0 bridgehead atoms. The van der Waals surface area contributed by atoms with Crippen LogP contribution < -0.4 is 0 Å². The molecular weight excluding hydrogens is 232 g/mol. The molecule has 100 valence electrons. The largest absolute Gasteiger partial charge is 0.346 e. The van der Waals surface area contributed by atoms with Gasteiger partial charge in [-0.2, -0.15) is 0 Å². The van der Waals surface area contributed by atoms with Crippen molar-refractivity contribution in [3.8, 4) is 12.3 Å². The van der Waals surface area contributed by atoms with Crippen molar-refractivity contribution in [3.05, 3.63) is 12.2 Å². The third kappa shape index (κ3) is 2.60. The second-order valence-corrected chi connectivity index (χ2v) is 5.57. The van der Waals surface area contributed by atoms with Crippen LogP contribution in [0.3, 0.4) is 0 Å². The van der Waals surface area contributed by atoms with Gasteiger partial charge in [0.2, 0.25) is 0 Å². The molecule has 0 aromatic carbocycles. The first kappa shape index (κ1) is 13.6. The number of rotatable bonds is 1. The summed E-state index contributed by atoms with van der Waals surface area (Å²) in [6.45, 7) is 11.8. The fourth-order valence-corrected chi connectivity index (χ4v) is 2.21. The third-order valence-corrected chi connectivity index (χ3v) is 3.01. The van der Waals surface area contributed by atoms with Gasteiger partial charge in [0.1, 0.15) is 18.3 Å². The Balaban J connectivity index is 2.19. The van der Waals surface area contributed by atoms with Crippen molar-refractivity contribution in [3.63, 3.8) is 0 Å². The Hall–Kier alpha value is -0.860. The van der Waals surface area contributed by atoms with Crippen molar-refractivity contribution in [2.45, 2.75) is 57.6 Å². The van der Waals surface area contributed by atoms with E-state index < -0.39 is 17.7 Å². The van der Waals surface area contributed by atoms with E-state index in [1.54, 1.807) is 0 Å². The van der Waals surface area contributed by atoms with Crippen LogP contribution in [0.1, 0.15) is 27.7 Å². The van der Waals surface area contributed by atoms with Gasteiger partial charge < -0.3 is 18.9 Å². The van der Waals surface area contributed by atoms with Crippen molar-refractivity contribution in [2.24, 2.45) is 0 Å². The summed E-state index contributed by atoms with van der Waals surface area (Å²) in [6.07, 6.45) is 4.40. The van der Waals surface area contributed by atoms with Crippen molar-refractivity contribution < 1.29 is 18.9 Å². The van der Waals surface area contributed by atoms with Gasteiger partial charge in [-0.1, -0.05) is 12.5 Å². The molecule has 3 atom stereocenters. The van der Waals surface area contributed by atoms with E-state index in [0.29, 0.717) is 6.61 Å². The second-order valence-electron chi connectivity index (χ2n) is 5.57. The quantitative estimate of drug-likeness (QED) is 0.527. The van der Waals surface area contributed by atoms with Gasteiger partial charge in [-0.15, -0.1) is 6.42 Å². The van der Waals surface area contributed by atoms with E-state index in [9.17, 15) is 0 Å². The van der Waals surface area contributed by atoms with E-state index >= 15 is 0 Å². The van der Waals surface area contributed by atoms with Gasteiger partial charge in [0, 0.05) is 0 Å². The van der Waals surface area contributed by atoms with E-state index in [-0.39, 0.29) is 12.2 Å². The zero-order valence-corrected chi connectivity index (χ0v) is 11.4. The summed E-state index contributed by atoms with van der Waals surface area (Å²) >= 11 is 0. The molecule has 4 heteroatoms. The summed E-state index contributed by atoms with van der Waals surface area (Å²) in [4.78, 5) is 0. The van der Waals surface area contributed by atoms with E-state index in [1.807, 2.05) is 27.7 Å². The summed E-state index contributed by atoms with van der Waals surface area (Å²) in [5.74, 6) is 1.24. The number of hydrogen-bond acceptors (Lipinski definition) is 4.